The molecule has 3 aromatic carbocycles. The standard InChI is InChI=1S/C36H45Si/c1-8-27-17-28(9-2)21-33(20-27)37(36-16-14-15-26(36)7,34-22-29(10-3)18-30(11-4)23-34)35-24-31(12-5)19-32(13-6)25-35/h14-25H,8-13H2,1-7H3. The zero-order valence-electron chi connectivity index (χ0n) is 24.2. The van der Waals surface area contributed by atoms with E-state index < -0.39 is 8.07 Å². The molecule has 0 fully saturated rings. The number of rotatable bonds is 10. The molecule has 0 aliphatic heterocycles. The molecule has 0 aromatic heterocycles. The van der Waals surface area contributed by atoms with Gasteiger partial charge in [0.15, 0.2) is 8.07 Å². The van der Waals surface area contributed by atoms with Gasteiger partial charge in [-0.1, -0.05) is 120 Å². The molecule has 0 N–H and O–H groups in total. The highest BCUT2D eigenvalue weighted by Gasteiger charge is 2.48. The average molecular weight is 506 g/mol. The second-order valence-corrected chi connectivity index (χ2v) is 14.4. The fraction of sp³-hybridized carbons (Fsp3) is 0.361. The number of allylic oxidation sites excluding steroid dienone is 4. The summed E-state index contributed by atoms with van der Waals surface area (Å²) in [7, 11) is -2.58. The summed E-state index contributed by atoms with van der Waals surface area (Å²) in [6.07, 6.45) is 13.4. The van der Waals surface area contributed by atoms with Crippen molar-refractivity contribution < 1.29 is 0 Å². The van der Waals surface area contributed by atoms with Crippen LogP contribution in [0.1, 0.15) is 81.8 Å². The van der Waals surface area contributed by atoms with Crippen LogP contribution in [0.25, 0.3) is 0 Å². The summed E-state index contributed by atoms with van der Waals surface area (Å²) in [6, 6.07) is 22.7. The molecule has 0 saturated carbocycles. The van der Waals surface area contributed by atoms with E-state index in [4.69, 9.17) is 0 Å². The van der Waals surface area contributed by atoms with Crippen LogP contribution < -0.4 is 15.6 Å². The van der Waals surface area contributed by atoms with Crippen LogP contribution in [0, 0.1) is 5.54 Å². The van der Waals surface area contributed by atoms with Gasteiger partial charge in [0.05, 0.1) is 0 Å². The van der Waals surface area contributed by atoms with Crippen molar-refractivity contribution in [2.45, 2.75) is 87.0 Å². The third-order valence-corrected chi connectivity index (χ3v) is 13.2. The first-order valence-electron chi connectivity index (χ1n) is 14.6. The van der Waals surface area contributed by atoms with Gasteiger partial charge in [-0.05, 0) is 94.4 Å². The number of aryl methyl sites for hydroxylation is 6. The van der Waals surface area contributed by atoms with Crippen molar-refractivity contribution in [3.05, 3.63) is 117 Å². The van der Waals surface area contributed by atoms with E-state index in [1.54, 1.807) is 21.1 Å². The lowest BCUT2D eigenvalue weighted by Crippen LogP contribution is -2.71. The maximum atomic E-state index is 2.56. The number of hydrogen-bond acceptors (Lipinski definition) is 0. The number of benzene rings is 3. The first-order valence-corrected chi connectivity index (χ1v) is 16.6. The van der Waals surface area contributed by atoms with Crippen LogP contribution in [0.4, 0.5) is 0 Å². The van der Waals surface area contributed by atoms with Gasteiger partial charge in [0, 0.05) is 5.54 Å². The van der Waals surface area contributed by atoms with Gasteiger partial charge in [-0.3, -0.25) is 0 Å². The van der Waals surface area contributed by atoms with Gasteiger partial charge >= 0.3 is 0 Å². The van der Waals surface area contributed by atoms with E-state index in [0.717, 1.165) is 38.5 Å². The SMILES string of the molecule is CCc1cc(CC)cc([Si]([C]2C=CC=C2C)(c2cc(CC)cc(CC)c2)c2cc(CC)cc(CC)c2)c1. The normalized spacial score (nSPS) is 13.9. The van der Waals surface area contributed by atoms with E-state index in [1.807, 2.05) is 0 Å². The molecule has 1 aliphatic carbocycles. The van der Waals surface area contributed by atoms with Gasteiger partial charge < -0.3 is 0 Å². The minimum absolute atomic E-state index is 1.07. The minimum Gasteiger partial charge on any atom is -0.0750 e. The molecule has 1 aliphatic rings. The summed E-state index contributed by atoms with van der Waals surface area (Å²) in [5.41, 5.74) is 11.7. The lowest BCUT2D eigenvalue weighted by Gasteiger charge is -2.40. The third kappa shape index (κ3) is 5.21. The molecule has 0 saturated heterocycles. The maximum absolute atomic E-state index is 2.58. The van der Waals surface area contributed by atoms with E-state index >= 15 is 0 Å². The quantitative estimate of drug-likeness (QED) is 0.202. The average Bonchev–Trinajstić information content (AvgIpc) is 3.38. The molecule has 1 heteroatoms. The molecule has 193 valence electrons. The van der Waals surface area contributed by atoms with Gasteiger partial charge in [-0.15, -0.1) is 0 Å². The Morgan fingerprint density at radius 3 is 0.973 bits per heavy atom. The molecule has 3 aromatic rings. The zero-order valence-corrected chi connectivity index (χ0v) is 25.2. The van der Waals surface area contributed by atoms with Crippen LogP contribution in [0.3, 0.4) is 0 Å². The molecule has 37 heavy (non-hydrogen) atoms. The monoisotopic (exact) mass is 505 g/mol. The highest BCUT2D eigenvalue weighted by molar-refractivity contribution is 7.16. The van der Waals surface area contributed by atoms with Gasteiger partial charge in [0.25, 0.3) is 0 Å². The van der Waals surface area contributed by atoms with Crippen molar-refractivity contribution in [1.29, 1.82) is 0 Å². The fourth-order valence-electron chi connectivity index (χ4n) is 6.06. The summed E-state index contributed by atoms with van der Waals surface area (Å²) in [5, 5.41) is 4.64. The molecule has 4 rings (SSSR count). The van der Waals surface area contributed by atoms with E-state index in [9.17, 15) is 0 Å². The fourth-order valence-corrected chi connectivity index (χ4v) is 11.4. The summed E-state index contributed by atoms with van der Waals surface area (Å²) in [5.74, 6) is 0. The Balaban J connectivity index is 2.23. The second kappa shape index (κ2) is 11.8. The van der Waals surface area contributed by atoms with Crippen molar-refractivity contribution in [3.63, 3.8) is 0 Å². The lowest BCUT2D eigenvalue weighted by atomic mass is 10.1. The predicted molar refractivity (Wildman–Crippen MR) is 166 cm³/mol. The summed E-state index contributed by atoms with van der Waals surface area (Å²) >= 11 is 0. The van der Waals surface area contributed by atoms with Gasteiger partial charge in [0.1, 0.15) is 0 Å². The molecular weight excluding hydrogens is 460 g/mol. The van der Waals surface area contributed by atoms with Crippen LogP contribution in [0.2, 0.25) is 0 Å². The molecule has 0 amide bonds. The molecule has 0 heterocycles. The highest BCUT2D eigenvalue weighted by atomic mass is 28.3. The first kappa shape index (κ1) is 27.4. The Hall–Kier alpha value is -2.64. The Labute approximate surface area is 227 Å². The largest absolute Gasteiger partial charge is 0.163 e. The van der Waals surface area contributed by atoms with Gasteiger partial charge in [0.2, 0.25) is 0 Å². The molecule has 0 unspecified atom stereocenters. The topological polar surface area (TPSA) is 0 Å². The van der Waals surface area contributed by atoms with E-state index in [1.165, 1.54) is 39.0 Å². The Kier molecular flexibility index (Phi) is 8.75. The third-order valence-electron chi connectivity index (χ3n) is 8.34. The van der Waals surface area contributed by atoms with Crippen LogP contribution in [-0.4, -0.2) is 8.07 Å². The van der Waals surface area contributed by atoms with Crippen molar-refractivity contribution in [3.8, 4) is 0 Å². The summed E-state index contributed by atoms with van der Waals surface area (Å²) in [4.78, 5) is 0. The predicted octanol–water partition coefficient (Wildman–Crippen LogP) is 7.16. The molecule has 0 spiro atoms. The van der Waals surface area contributed by atoms with Crippen molar-refractivity contribution in [1.82, 2.24) is 0 Å². The van der Waals surface area contributed by atoms with Crippen LogP contribution >= 0.6 is 0 Å². The van der Waals surface area contributed by atoms with E-state index in [2.05, 4.69) is 121 Å². The number of hydrogen-bond donors (Lipinski definition) is 0. The minimum atomic E-state index is -2.58. The summed E-state index contributed by atoms with van der Waals surface area (Å²) in [6.45, 7) is 16.1. The summed E-state index contributed by atoms with van der Waals surface area (Å²) < 4.78 is 0. The lowest BCUT2D eigenvalue weighted by molar-refractivity contribution is 1.09. The van der Waals surface area contributed by atoms with Crippen molar-refractivity contribution >= 4 is 23.6 Å². The molecule has 0 nitrogen and oxygen atoms in total. The van der Waals surface area contributed by atoms with Gasteiger partial charge in [-0.25, -0.2) is 0 Å². The molecule has 0 bridgehead atoms. The molecule has 1 radical (unpaired) electrons. The van der Waals surface area contributed by atoms with Crippen molar-refractivity contribution in [2.24, 2.45) is 0 Å². The Bertz CT molecular complexity index is 1100. The maximum Gasteiger partial charge on any atom is 0.163 e. The molecule has 0 atom stereocenters. The van der Waals surface area contributed by atoms with Crippen LogP contribution in [0.5, 0.6) is 0 Å². The van der Waals surface area contributed by atoms with E-state index in [-0.39, 0.29) is 0 Å². The van der Waals surface area contributed by atoms with Crippen LogP contribution in [-0.2, 0) is 38.5 Å². The van der Waals surface area contributed by atoms with Crippen molar-refractivity contribution in [2.75, 3.05) is 0 Å². The molecular formula is C36H45Si. The van der Waals surface area contributed by atoms with Gasteiger partial charge in [-0.2, -0.15) is 0 Å². The Morgan fingerprint density at radius 2 is 0.757 bits per heavy atom. The first-order chi connectivity index (χ1) is 17.9. The highest BCUT2D eigenvalue weighted by Crippen LogP contribution is 2.33. The zero-order chi connectivity index (χ0) is 26.6. The smallest absolute Gasteiger partial charge is 0.0750 e. The van der Waals surface area contributed by atoms with Crippen LogP contribution in [0.15, 0.2) is 78.4 Å². The van der Waals surface area contributed by atoms with E-state index in [0.29, 0.717) is 0 Å². The second-order valence-electron chi connectivity index (χ2n) is 10.6. The Morgan fingerprint density at radius 1 is 0.459 bits per heavy atom.